The number of aryl methyl sites for hydroxylation is 2. The van der Waals surface area contributed by atoms with E-state index in [0.717, 1.165) is 6.42 Å². The average Bonchev–Trinajstić information content (AvgIpc) is 2.70. The monoisotopic (exact) mass is 304 g/mol. The van der Waals surface area contributed by atoms with Gasteiger partial charge in [0.15, 0.2) is 0 Å². The Balaban J connectivity index is 3.25. The van der Waals surface area contributed by atoms with E-state index in [1.807, 2.05) is 0 Å². The standard InChI is InChI=1S/C15H23F3N2O/c1-6-10-12(13(21)15(16,17)18)11(7-2)20(19-10)9-8-14(3,4)5/h6-9H2,1-5H3. The number of aromatic nitrogens is 2. The molecule has 0 bridgehead atoms. The molecule has 0 amide bonds. The van der Waals surface area contributed by atoms with Crippen LogP contribution in [-0.2, 0) is 19.4 Å². The third-order valence-corrected chi connectivity index (χ3v) is 3.36. The van der Waals surface area contributed by atoms with E-state index in [4.69, 9.17) is 0 Å². The number of ketones is 1. The van der Waals surface area contributed by atoms with Gasteiger partial charge < -0.3 is 0 Å². The number of carbonyl (C=O) groups is 1. The lowest BCUT2D eigenvalue weighted by molar-refractivity contribution is -0.0886. The van der Waals surface area contributed by atoms with Gasteiger partial charge >= 0.3 is 6.18 Å². The molecule has 0 saturated carbocycles. The first-order valence-electron chi connectivity index (χ1n) is 7.21. The molecule has 1 aromatic heterocycles. The van der Waals surface area contributed by atoms with Gasteiger partial charge in [0.1, 0.15) is 0 Å². The molecule has 1 aromatic rings. The topological polar surface area (TPSA) is 34.9 Å². The molecular formula is C15H23F3N2O. The number of rotatable bonds is 5. The Morgan fingerprint density at radius 2 is 1.71 bits per heavy atom. The van der Waals surface area contributed by atoms with Crippen molar-refractivity contribution >= 4 is 5.78 Å². The van der Waals surface area contributed by atoms with Gasteiger partial charge in [-0.25, -0.2) is 0 Å². The van der Waals surface area contributed by atoms with Crippen LogP contribution in [0.2, 0.25) is 0 Å². The van der Waals surface area contributed by atoms with Crippen molar-refractivity contribution in [1.29, 1.82) is 0 Å². The Labute approximate surface area is 123 Å². The van der Waals surface area contributed by atoms with Crippen LogP contribution in [0.1, 0.15) is 62.8 Å². The van der Waals surface area contributed by atoms with E-state index in [2.05, 4.69) is 25.9 Å². The maximum atomic E-state index is 12.8. The SMILES string of the molecule is CCc1nn(CCC(C)(C)C)c(CC)c1C(=O)C(F)(F)F. The Hall–Kier alpha value is -1.33. The third-order valence-electron chi connectivity index (χ3n) is 3.36. The fraction of sp³-hybridized carbons (Fsp3) is 0.733. The summed E-state index contributed by atoms with van der Waals surface area (Å²) >= 11 is 0. The Kier molecular flexibility index (Phi) is 5.23. The second-order valence-electron chi connectivity index (χ2n) is 6.34. The zero-order chi connectivity index (χ0) is 16.4. The normalized spacial score (nSPS) is 12.8. The zero-order valence-corrected chi connectivity index (χ0v) is 13.3. The Morgan fingerprint density at radius 1 is 1.14 bits per heavy atom. The van der Waals surface area contributed by atoms with Crippen molar-refractivity contribution in [3.05, 3.63) is 17.0 Å². The number of carbonyl (C=O) groups excluding carboxylic acids is 1. The lowest BCUT2D eigenvalue weighted by Crippen LogP contribution is -2.25. The van der Waals surface area contributed by atoms with Crippen molar-refractivity contribution in [1.82, 2.24) is 9.78 Å². The van der Waals surface area contributed by atoms with E-state index in [0.29, 0.717) is 25.1 Å². The summed E-state index contributed by atoms with van der Waals surface area (Å²) in [6, 6.07) is 0. The van der Waals surface area contributed by atoms with E-state index < -0.39 is 12.0 Å². The highest BCUT2D eigenvalue weighted by Gasteiger charge is 2.42. The molecule has 1 rings (SSSR count). The molecule has 1 heterocycles. The zero-order valence-electron chi connectivity index (χ0n) is 13.3. The van der Waals surface area contributed by atoms with Crippen molar-refractivity contribution in [2.45, 2.75) is 66.6 Å². The van der Waals surface area contributed by atoms with Gasteiger partial charge in [-0.2, -0.15) is 18.3 Å². The highest BCUT2D eigenvalue weighted by Crippen LogP contribution is 2.28. The van der Waals surface area contributed by atoms with Gasteiger partial charge in [-0.1, -0.05) is 34.6 Å². The van der Waals surface area contributed by atoms with Crippen molar-refractivity contribution < 1.29 is 18.0 Å². The van der Waals surface area contributed by atoms with Crippen molar-refractivity contribution in [2.24, 2.45) is 5.41 Å². The number of Topliss-reactive ketones (excluding diaryl/α,β-unsaturated/α-hetero) is 1. The van der Waals surface area contributed by atoms with Crippen LogP contribution in [0.15, 0.2) is 0 Å². The van der Waals surface area contributed by atoms with Crippen LogP contribution in [-0.4, -0.2) is 21.7 Å². The van der Waals surface area contributed by atoms with Gasteiger partial charge in [0.2, 0.25) is 0 Å². The quantitative estimate of drug-likeness (QED) is 0.765. The van der Waals surface area contributed by atoms with Crippen molar-refractivity contribution in [3.63, 3.8) is 0 Å². The number of hydrogen-bond acceptors (Lipinski definition) is 2. The molecule has 21 heavy (non-hydrogen) atoms. The van der Waals surface area contributed by atoms with Gasteiger partial charge in [-0.15, -0.1) is 0 Å². The number of hydrogen-bond donors (Lipinski definition) is 0. The molecule has 0 radical (unpaired) electrons. The van der Waals surface area contributed by atoms with Crippen LogP contribution in [0.25, 0.3) is 0 Å². The summed E-state index contributed by atoms with van der Waals surface area (Å²) in [5, 5.41) is 4.23. The molecule has 0 aromatic carbocycles. The number of nitrogens with zero attached hydrogens (tertiary/aromatic N) is 2. The van der Waals surface area contributed by atoms with E-state index >= 15 is 0 Å². The smallest absolute Gasteiger partial charge is 0.284 e. The van der Waals surface area contributed by atoms with E-state index in [1.165, 1.54) is 0 Å². The maximum Gasteiger partial charge on any atom is 0.455 e. The van der Waals surface area contributed by atoms with Crippen LogP contribution < -0.4 is 0 Å². The molecule has 120 valence electrons. The maximum absolute atomic E-state index is 12.8. The molecule has 0 fully saturated rings. The molecule has 0 aliphatic heterocycles. The second-order valence-corrected chi connectivity index (χ2v) is 6.34. The second kappa shape index (κ2) is 6.20. The minimum Gasteiger partial charge on any atom is -0.284 e. The minimum atomic E-state index is -4.86. The van der Waals surface area contributed by atoms with E-state index in [9.17, 15) is 18.0 Å². The van der Waals surface area contributed by atoms with E-state index in [-0.39, 0.29) is 16.7 Å². The fourth-order valence-electron chi connectivity index (χ4n) is 2.19. The van der Waals surface area contributed by atoms with Gasteiger partial charge in [0.05, 0.1) is 11.3 Å². The van der Waals surface area contributed by atoms with Crippen LogP contribution >= 0.6 is 0 Å². The molecule has 6 heteroatoms. The first-order chi connectivity index (χ1) is 9.51. The van der Waals surface area contributed by atoms with Crippen molar-refractivity contribution in [3.8, 4) is 0 Å². The summed E-state index contributed by atoms with van der Waals surface area (Å²) in [6.07, 6.45) is -3.41. The number of alkyl halides is 3. The molecule has 0 atom stereocenters. The molecule has 0 saturated heterocycles. The third kappa shape index (κ3) is 4.32. The van der Waals surface area contributed by atoms with Gasteiger partial charge in [0, 0.05) is 12.2 Å². The van der Waals surface area contributed by atoms with Gasteiger partial charge in [-0.05, 0) is 24.7 Å². The van der Waals surface area contributed by atoms with Gasteiger partial charge in [-0.3, -0.25) is 9.48 Å². The molecule has 0 unspecified atom stereocenters. The molecule has 0 aliphatic rings. The Bertz CT molecular complexity index is 510. The lowest BCUT2D eigenvalue weighted by Gasteiger charge is -2.18. The van der Waals surface area contributed by atoms with Crippen LogP contribution in [0.3, 0.4) is 0 Å². The first-order valence-corrected chi connectivity index (χ1v) is 7.21. The molecule has 0 spiro atoms. The predicted octanol–water partition coefficient (Wildman–Crippen LogP) is 4.19. The first kappa shape index (κ1) is 17.7. The van der Waals surface area contributed by atoms with Crippen LogP contribution in [0.5, 0.6) is 0 Å². The van der Waals surface area contributed by atoms with E-state index in [1.54, 1.807) is 18.5 Å². The molecule has 3 nitrogen and oxygen atoms in total. The van der Waals surface area contributed by atoms with Crippen LogP contribution in [0, 0.1) is 5.41 Å². The molecule has 0 N–H and O–H groups in total. The highest BCUT2D eigenvalue weighted by molar-refractivity contribution is 6.02. The van der Waals surface area contributed by atoms with Crippen molar-refractivity contribution in [2.75, 3.05) is 0 Å². The summed E-state index contributed by atoms with van der Waals surface area (Å²) in [5.41, 5.74) is 0.431. The predicted molar refractivity (Wildman–Crippen MR) is 75.4 cm³/mol. The highest BCUT2D eigenvalue weighted by atomic mass is 19.4. The summed E-state index contributed by atoms with van der Waals surface area (Å²) in [7, 11) is 0. The minimum absolute atomic E-state index is 0.0531. The average molecular weight is 304 g/mol. The number of halogens is 3. The molecular weight excluding hydrogens is 281 g/mol. The van der Waals surface area contributed by atoms with Crippen LogP contribution in [0.4, 0.5) is 13.2 Å². The lowest BCUT2D eigenvalue weighted by atomic mass is 9.92. The summed E-state index contributed by atoms with van der Waals surface area (Å²) in [4.78, 5) is 11.7. The summed E-state index contributed by atoms with van der Waals surface area (Å²) < 4.78 is 39.9. The fourth-order valence-corrected chi connectivity index (χ4v) is 2.19. The largest absolute Gasteiger partial charge is 0.455 e. The summed E-state index contributed by atoms with van der Waals surface area (Å²) in [6.45, 7) is 10.2. The van der Waals surface area contributed by atoms with Gasteiger partial charge in [0.25, 0.3) is 5.78 Å². The summed E-state index contributed by atoms with van der Waals surface area (Å²) in [5.74, 6) is -1.78. The Morgan fingerprint density at radius 3 is 2.10 bits per heavy atom. The molecule has 0 aliphatic carbocycles.